The van der Waals surface area contributed by atoms with Crippen LogP contribution in [0.5, 0.6) is 0 Å². The van der Waals surface area contributed by atoms with Crippen molar-refractivity contribution in [2.45, 2.75) is 40.3 Å². The third-order valence-electron chi connectivity index (χ3n) is 3.13. The van der Waals surface area contributed by atoms with E-state index in [2.05, 4.69) is 31.3 Å². The molecule has 2 rings (SSSR count). The molecular formula is C12H16BrN5O2. The van der Waals surface area contributed by atoms with Gasteiger partial charge < -0.3 is 5.11 Å². The Hall–Kier alpha value is -1.70. The maximum atomic E-state index is 11.1. The van der Waals surface area contributed by atoms with Crippen molar-refractivity contribution in [3.8, 4) is 0 Å². The number of halogens is 1. The molecule has 0 amide bonds. The molecule has 20 heavy (non-hydrogen) atoms. The average Bonchev–Trinajstić information content (AvgIpc) is 2.94. The van der Waals surface area contributed by atoms with Crippen LogP contribution >= 0.6 is 15.9 Å². The van der Waals surface area contributed by atoms with Gasteiger partial charge in [-0.3, -0.25) is 4.68 Å². The fourth-order valence-electron chi connectivity index (χ4n) is 2.14. The molecule has 0 atom stereocenters. The van der Waals surface area contributed by atoms with Gasteiger partial charge in [-0.15, -0.1) is 5.10 Å². The number of hydrogen-bond donors (Lipinski definition) is 1. The summed E-state index contributed by atoms with van der Waals surface area (Å²) >= 11 is 3.52. The van der Waals surface area contributed by atoms with Crippen molar-refractivity contribution < 1.29 is 9.90 Å². The number of carbonyl (C=O) groups is 1. The van der Waals surface area contributed by atoms with Gasteiger partial charge in [-0.05, 0) is 36.2 Å². The minimum Gasteiger partial charge on any atom is -0.476 e. The highest BCUT2D eigenvalue weighted by atomic mass is 79.9. The summed E-state index contributed by atoms with van der Waals surface area (Å²) in [7, 11) is 0. The van der Waals surface area contributed by atoms with Crippen molar-refractivity contribution >= 4 is 21.9 Å². The highest BCUT2D eigenvalue weighted by Gasteiger charge is 2.20. The van der Waals surface area contributed by atoms with Crippen LogP contribution in [0, 0.1) is 6.92 Å². The molecule has 0 aromatic carbocycles. The summed E-state index contributed by atoms with van der Waals surface area (Å²) in [5.74, 6) is -1.05. The average molecular weight is 342 g/mol. The van der Waals surface area contributed by atoms with E-state index >= 15 is 0 Å². The molecule has 0 saturated carbocycles. The third-order valence-corrected chi connectivity index (χ3v) is 4.16. The Morgan fingerprint density at radius 2 is 2.00 bits per heavy atom. The van der Waals surface area contributed by atoms with Crippen molar-refractivity contribution in [1.29, 1.82) is 0 Å². The number of nitrogens with zero attached hydrogens (tertiary/aromatic N) is 5. The topological polar surface area (TPSA) is 85.8 Å². The molecule has 0 spiro atoms. The minimum absolute atomic E-state index is 0.0166. The van der Waals surface area contributed by atoms with E-state index in [0.29, 0.717) is 18.7 Å². The van der Waals surface area contributed by atoms with Gasteiger partial charge in [-0.25, -0.2) is 9.48 Å². The molecule has 1 N–H and O–H groups in total. The predicted molar refractivity (Wildman–Crippen MR) is 75.8 cm³/mol. The molecule has 0 saturated heterocycles. The van der Waals surface area contributed by atoms with E-state index in [-0.39, 0.29) is 5.69 Å². The van der Waals surface area contributed by atoms with Crippen LogP contribution in [0.3, 0.4) is 0 Å². The summed E-state index contributed by atoms with van der Waals surface area (Å²) in [6.45, 7) is 7.00. The number of carboxylic acids is 1. The molecule has 0 radical (unpaired) electrons. The lowest BCUT2D eigenvalue weighted by Gasteiger charge is -2.08. The van der Waals surface area contributed by atoms with E-state index in [4.69, 9.17) is 5.11 Å². The van der Waals surface area contributed by atoms with Crippen LogP contribution in [0.4, 0.5) is 0 Å². The quantitative estimate of drug-likeness (QED) is 0.897. The maximum absolute atomic E-state index is 11.1. The Labute approximate surface area is 124 Å². The van der Waals surface area contributed by atoms with Crippen LogP contribution < -0.4 is 0 Å². The SMILES string of the molecule is CCc1c(C(=O)O)nnn1Cc1c(Br)c(C)nn1CC. The van der Waals surface area contributed by atoms with Crippen molar-refractivity contribution in [3.05, 3.63) is 27.2 Å². The van der Waals surface area contributed by atoms with E-state index in [1.54, 1.807) is 4.68 Å². The lowest BCUT2D eigenvalue weighted by molar-refractivity contribution is 0.0689. The van der Waals surface area contributed by atoms with Crippen molar-refractivity contribution in [1.82, 2.24) is 24.8 Å². The Balaban J connectivity index is 2.43. The zero-order valence-corrected chi connectivity index (χ0v) is 13.2. The third kappa shape index (κ3) is 2.47. The van der Waals surface area contributed by atoms with Crippen LogP contribution in [0.1, 0.15) is 41.4 Å². The minimum atomic E-state index is -1.05. The van der Waals surface area contributed by atoms with Gasteiger partial charge in [-0.1, -0.05) is 12.1 Å². The summed E-state index contributed by atoms with van der Waals surface area (Å²) in [6.07, 6.45) is 0.561. The molecule has 0 aliphatic carbocycles. The number of aryl methyl sites for hydroxylation is 2. The van der Waals surface area contributed by atoms with Gasteiger partial charge in [0.2, 0.25) is 0 Å². The van der Waals surface area contributed by atoms with Crippen LogP contribution in [-0.2, 0) is 19.5 Å². The highest BCUT2D eigenvalue weighted by molar-refractivity contribution is 9.10. The van der Waals surface area contributed by atoms with Gasteiger partial charge in [0.25, 0.3) is 0 Å². The maximum Gasteiger partial charge on any atom is 0.358 e. The van der Waals surface area contributed by atoms with Crippen LogP contribution in [-0.4, -0.2) is 35.9 Å². The number of aromatic nitrogens is 5. The molecule has 108 valence electrons. The molecule has 0 fully saturated rings. The van der Waals surface area contributed by atoms with Gasteiger partial charge in [-0.2, -0.15) is 5.10 Å². The van der Waals surface area contributed by atoms with Gasteiger partial charge >= 0.3 is 5.97 Å². The Kier molecular flexibility index (Phi) is 4.22. The Morgan fingerprint density at radius 3 is 2.55 bits per heavy atom. The molecule has 2 aromatic rings. The zero-order chi connectivity index (χ0) is 14.9. The second-order valence-electron chi connectivity index (χ2n) is 4.36. The molecule has 2 aromatic heterocycles. The van der Waals surface area contributed by atoms with Crippen LogP contribution in [0.2, 0.25) is 0 Å². The molecule has 0 aliphatic rings. The standard InChI is InChI=1S/C12H16BrN5O2/c1-4-8-11(12(19)20)14-16-18(8)6-9-10(13)7(3)15-17(9)5-2/h4-6H2,1-3H3,(H,19,20). The van der Waals surface area contributed by atoms with Crippen molar-refractivity contribution in [2.75, 3.05) is 0 Å². The monoisotopic (exact) mass is 341 g/mol. The van der Waals surface area contributed by atoms with Gasteiger partial charge in [0.15, 0.2) is 5.69 Å². The van der Waals surface area contributed by atoms with E-state index in [1.165, 1.54) is 0 Å². The van der Waals surface area contributed by atoms with E-state index in [9.17, 15) is 4.79 Å². The number of aromatic carboxylic acids is 1. The normalized spacial score (nSPS) is 11.0. The zero-order valence-electron chi connectivity index (χ0n) is 11.6. The Bertz CT molecular complexity index is 647. The Morgan fingerprint density at radius 1 is 1.30 bits per heavy atom. The summed E-state index contributed by atoms with van der Waals surface area (Å²) in [4.78, 5) is 11.1. The summed E-state index contributed by atoms with van der Waals surface area (Å²) in [5, 5.41) is 21.2. The predicted octanol–water partition coefficient (Wildman–Crippen LogP) is 1.87. The smallest absolute Gasteiger partial charge is 0.358 e. The first-order valence-electron chi connectivity index (χ1n) is 6.36. The van der Waals surface area contributed by atoms with Gasteiger partial charge in [0.05, 0.1) is 28.1 Å². The first-order chi connectivity index (χ1) is 9.49. The fourth-order valence-corrected chi connectivity index (χ4v) is 2.55. The molecular weight excluding hydrogens is 326 g/mol. The first-order valence-corrected chi connectivity index (χ1v) is 7.16. The molecule has 2 heterocycles. The second kappa shape index (κ2) is 5.74. The number of rotatable bonds is 5. The van der Waals surface area contributed by atoms with E-state index < -0.39 is 5.97 Å². The lowest BCUT2D eigenvalue weighted by atomic mass is 10.2. The lowest BCUT2D eigenvalue weighted by Crippen LogP contribution is -2.12. The number of hydrogen-bond acceptors (Lipinski definition) is 4. The van der Waals surface area contributed by atoms with E-state index in [0.717, 1.165) is 22.4 Å². The first kappa shape index (κ1) is 14.7. The summed E-state index contributed by atoms with van der Waals surface area (Å²) in [5.41, 5.74) is 2.49. The molecule has 7 nitrogen and oxygen atoms in total. The fraction of sp³-hybridized carbons (Fsp3) is 0.500. The summed E-state index contributed by atoms with van der Waals surface area (Å²) in [6, 6.07) is 0. The van der Waals surface area contributed by atoms with Crippen LogP contribution in [0.15, 0.2) is 4.47 Å². The largest absolute Gasteiger partial charge is 0.476 e. The van der Waals surface area contributed by atoms with Crippen molar-refractivity contribution in [3.63, 3.8) is 0 Å². The number of carboxylic acid groups (broad SMARTS) is 1. The second-order valence-corrected chi connectivity index (χ2v) is 5.16. The van der Waals surface area contributed by atoms with Gasteiger partial charge in [0.1, 0.15) is 0 Å². The molecule has 8 heteroatoms. The molecule has 0 bridgehead atoms. The molecule has 0 aliphatic heterocycles. The van der Waals surface area contributed by atoms with Crippen LogP contribution in [0.25, 0.3) is 0 Å². The molecule has 0 unspecified atom stereocenters. The highest BCUT2D eigenvalue weighted by Crippen LogP contribution is 2.22. The van der Waals surface area contributed by atoms with E-state index in [1.807, 2.05) is 25.5 Å². The summed E-state index contributed by atoms with van der Waals surface area (Å²) < 4.78 is 4.42. The van der Waals surface area contributed by atoms with Gasteiger partial charge in [0, 0.05) is 6.54 Å². The van der Waals surface area contributed by atoms with Crippen molar-refractivity contribution in [2.24, 2.45) is 0 Å².